The Labute approximate surface area is 204 Å². The van der Waals surface area contributed by atoms with E-state index in [9.17, 15) is 14.4 Å². The van der Waals surface area contributed by atoms with Crippen molar-refractivity contribution in [2.75, 3.05) is 18.4 Å². The van der Waals surface area contributed by atoms with Crippen molar-refractivity contribution in [2.45, 2.75) is 79.1 Å². The lowest BCUT2D eigenvalue weighted by molar-refractivity contribution is -0.0294. The lowest BCUT2D eigenvalue weighted by Gasteiger charge is -2.20. The zero-order chi connectivity index (χ0) is 25.9. The van der Waals surface area contributed by atoms with Gasteiger partial charge in [-0.3, -0.25) is 0 Å². The third-order valence-corrected chi connectivity index (χ3v) is 3.24. The Hall–Kier alpha value is -2.56. The summed E-state index contributed by atoms with van der Waals surface area (Å²) in [6.45, 7) is 16.6. The molecule has 0 aliphatic heterocycles. The van der Waals surface area contributed by atoms with Crippen LogP contribution in [0.3, 0.4) is 0 Å². The summed E-state index contributed by atoms with van der Waals surface area (Å²) in [6.07, 6.45) is -0.814. The highest BCUT2D eigenvalue weighted by Gasteiger charge is 2.24. The molecule has 0 aliphatic rings. The molecule has 0 saturated heterocycles. The summed E-state index contributed by atoms with van der Waals surface area (Å²) in [5.74, 6) is 0.768. The summed E-state index contributed by atoms with van der Waals surface area (Å²) in [5, 5.41) is 5.75. The third kappa shape index (κ3) is 19.8. The van der Waals surface area contributed by atoms with E-state index in [-0.39, 0.29) is 0 Å². The lowest BCUT2D eigenvalue weighted by atomic mass is 10.2. The highest BCUT2D eigenvalue weighted by molar-refractivity contribution is 9.10. The number of nitrogens with zero attached hydrogens (tertiary/aromatic N) is 1. The maximum absolute atomic E-state index is 11.3. The average Bonchev–Trinajstić information content (AvgIpc) is 2.55. The van der Waals surface area contributed by atoms with Gasteiger partial charge in [0.25, 0.3) is 0 Å². The van der Waals surface area contributed by atoms with Crippen LogP contribution in [0, 0.1) is 0 Å². The molecule has 1 rings (SSSR count). The van der Waals surface area contributed by atoms with Gasteiger partial charge in [-0.25, -0.2) is 19.4 Å². The fourth-order valence-electron chi connectivity index (χ4n) is 1.76. The predicted molar refractivity (Wildman–Crippen MR) is 128 cm³/mol. The fourth-order valence-corrected chi connectivity index (χ4v) is 1.99. The first-order chi connectivity index (χ1) is 14.9. The Morgan fingerprint density at radius 3 is 1.70 bits per heavy atom. The minimum Gasteiger partial charge on any atom is -0.444 e. The SMILES string of the molecule is CC(C)(C)OC(=O)NCCNc1ccc(Br)cn1.CC(C)(C)OC(=O)OC(=O)OC(C)(C)C. The van der Waals surface area contributed by atoms with Crippen LogP contribution < -0.4 is 10.6 Å². The summed E-state index contributed by atoms with van der Waals surface area (Å²) in [5.41, 5.74) is -1.86. The van der Waals surface area contributed by atoms with Crippen molar-refractivity contribution in [3.63, 3.8) is 0 Å². The summed E-state index contributed by atoms with van der Waals surface area (Å²) in [6, 6.07) is 3.76. The van der Waals surface area contributed by atoms with Gasteiger partial charge in [0.05, 0.1) is 0 Å². The highest BCUT2D eigenvalue weighted by atomic mass is 79.9. The largest absolute Gasteiger partial charge is 0.519 e. The van der Waals surface area contributed by atoms with Crippen LogP contribution in [0.5, 0.6) is 0 Å². The van der Waals surface area contributed by atoms with Crippen LogP contribution in [0.25, 0.3) is 0 Å². The lowest BCUT2D eigenvalue weighted by Crippen LogP contribution is -2.35. The van der Waals surface area contributed by atoms with Crippen molar-refractivity contribution in [3.8, 4) is 0 Å². The van der Waals surface area contributed by atoms with Crippen LogP contribution in [0.1, 0.15) is 62.3 Å². The molecular formula is C22H36BrN3O7. The van der Waals surface area contributed by atoms with Crippen LogP contribution in [-0.2, 0) is 18.9 Å². The molecule has 0 aromatic carbocycles. The topological polar surface area (TPSA) is 125 Å². The molecule has 33 heavy (non-hydrogen) atoms. The zero-order valence-corrected chi connectivity index (χ0v) is 22.4. The number of carbonyl (C=O) groups is 3. The van der Waals surface area contributed by atoms with Crippen molar-refractivity contribution in [3.05, 3.63) is 22.8 Å². The molecule has 1 aromatic rings. The second-order valence-electron chi connectivity index (χ2n) is 9.75. The van der Waals surface area contributed by atoms with E-state index < -0.39 is 35.2 Å². The number of carbonyl (C=O) groups excluding carboxylic acids is 3. The third-order valence-electron chi connectivity index (χ3n) is 2.77. The van der Waals surface area contributed by atoms with Crippen molar-refractivity contribution < 1.29 is 33.3 Å². The van der Waals surface area contributed by atoms with Gasteiger partial charge in [0.2, 0.25) is 0 Å². The Balaban J connectivity index is 0.000000633. The van der Waals surface area contributed by atoms with Gasteiger partial charge in [0.15, 0.2) is 0 Å². The number of amides is 1. The van der Waals surface area contributed by atoms with Gasteiger partial charge < -0.3 is 29.6 Å². The number of aromatic nitrogens is 1. The van der Waals surface area contributed by atoms with Gasteiger partial charge >= 0.3 is 18.4 Å². The van der Waals surface area contributed by atoms with Crippen molar-refractivity contribution in [2.24, 2.45) is 0 Å². The van der Waals surface area contributed by atoms with Crippen molar-refractivity contribution in [1.29, 1.82) is 0 Å². The summed E-state index contributed by atoms with van der Waals surface area (Å²) in [4.78, 5) is 37.5. The molecule has 0 bridgehead atoms. The smallest absolute Gasteiger partial charge is 0.444 e. The normalized spacial score (nSPS) is 11.3. The number of nitrogens with one attached hydrogen (secondary N) is 2. The van der Waals surface area contributed by atoms with Crippen LogP contribution in [0.15, 0.2) is 22.8 Å². The minimum absolute atomic E-state index is 0.409. The first-order valence-electron chi connectivity index (χ1n) is 10.3. The standard InChI is InChI=1S/C12H18BrN3O2.C10H18O5/c1-12(2,3)18-11(17)15-7-6-14-10-5-4-9(13)8-16-10;1-9(2,3)14-7(11)13-8(12)15-10(4,5)6/h4-5,8H,6-7H2,1-3H3,(H,14,16)(H,15,17);1-6H3. The van der Waals surface area contributed by atoms with E-state index in [1.54, 1.807) is 47.7 Å². The van der Waals surface area contributed by atoms with E-state index in [0.29, 0.717) is 13.1 Å². The maximum atomic E-state index is 11.3. The van der Waals surface area contributed by atoms with E-state index in [4.69, 9.17) is 14.2 Å². The summed E-state index contributed by atoms with van der Waals surface area (Å²) >= 11 is 3.31. The van der Waals surface area contributed by atoms with E-state index in [1.165, 1.54) is 0 Å². The van der Waals surface area contributed by atoms with Crippen LogP contribution >= 0.6 is 15.9 Å². The summed E-state index contributed by atoms with van der Waals surface area (Å²) < 4.78 is 19.8. The zero-order valence-electron chi connectivity index (χ0n) is 20.8. The van der Waals surface area contributed by atoms with E-state index >= 15 is 0 Å². The molecule has 10 nitrogen and oxygen atoms in total. The molecule has 1 heterocycles. The van der Waals surface area contributed by atoms with Gasteiger partial charge in [-0.15, -0.1) is 0 Å². The number of pyridine rings is 1. The molecule has 1 amide bonds. The Bertz CT molecular complexity index is 738. The van der Waals surface area contributed by atoms with Crippen molar-refractivity contribution in [1.82, 2.24) is 10.3 Å². The van der Waals surface area contributed by atoms with Gasteiger partial charge in [0, 0.05) is 23.8 Å². The van der Waals surface area contributed by atoms with E-state index in [2.05, 4.69) is 36.3 Å². The molecule has 1 aromatic heterocycles. The second kappa shape index (κ2) is 13.2. The molecule has 0 atom stereocenters. The van der Waals surface area contributed by atoms with Crippen LogP contribution in [0.4, 0.5) is 20.2 Å². The first-order valence-corrected chi connectivity index (χ1v) is 11.1. The predicted octanol–water partition coefficient (Wildman–Crippen LogP) is 5.65. The molecule has 2 N–H and O–H groups in total. The number of hydrogen-bond acceptors (Lipinski definition) is 9. The van der Waals surface area contributed by atoms with Crippen LogP contribution in [0.2, 0.25) is 0 Å². The molecule has 11 heteroatoms. The van der Waals surface area contributed by atoms with Crippen molar-refractivity contribution >= 4 is 40.2 Å². The highest BCUT2D eigenvalue weighted by Crippen LogP contribution is 2.12. The minimum atomic E-state index is -1.06. The van der Waals surface area contributed by atoms with Gasteiger partial charge in [0.1, 0.15) is 22.6 Å². The van der Waals surface area contributed by atoms with Crippen LogP contribution in [-0.4, -0.2) is 53.3 Å². The Morgan fingerprint density at radius 1 is 0.818 bits per heavy atom. The number of anilines is 1. The Morgan fingerprint density at radius 2 is 1.30 bits per heavy atom. The quantitative estimate of drug-likeness (QED) is 0.218. The Kier molecular flexibility index (Phi) is 12.2. The number of halogens is 1. The van der Waals surface area contributed by atoms with Gasteiger partial charge in [-0.1, -0.05) is 0 Å². The van der Waals surface area contributed by atoms with E-state index in [1.807, 2.05) is 32.9 Å². The van der Waals surface area contributed by atoms with E-state index in [0.717, 1.165) is 10.3 Å². The number of rotatable bonds is 4. The molecule has 0 aliphatic carbocycles. The van der Waals surface area contributed by atoms with Gasteiger partial charge in [-0.05, 0) is 90.4 Å². The second-order valence-corrected chi connectivity index (χ2v) is 10.7. The average molecular weight is 534 g/mol. The molecule has 0 saturated carbocycles. The maximum Gasteiger partial charge on any atom is 0.519 e. The molecule has 188 valence electrons. The molecule has 0 spiro atoms. The number of hydrogen-bond donors (Lipinski definition) is 2. The number of ether oxygens (including phenoxy) is 4. The van der Waals surface area contributed by atoms with Gasteiger partial charge in [-0.2, -0.15) is 0 Å². The monoisotopic (exact) mass is 533 g/mol. The molecule has 0 radical (unpaired) electrons. The molecule has 0 fully saturated rings. The number of alkyl carbamates (subject to hydrolysis) is 1. The molecular weight excluding hydrogens is 498 g/mol. The summed E-state index contributed by atoms with van der Waals surface area (Å²) in [7, 11) is 0. The molecule has 0 unspecified atom stereocenters. The first kappa shape index (κ1) is 30.4. The fraction of sp³-hybridized carbons (Fsp3) is 0.636.